The number of fused-ring (bicyclic) bond motifs is 1. The summed E-state index contributed by atoms with van der Waals surface area (Å²) in [6, 6.07) is 0.219. The van der Waals surface area contributed by atoms with Crippen molar-refractivity contribution >= 4 is 22.4 Å². The topological polar surface area (TPSA) is 71.5 Å². The highest BCUT2D eigenvalue weighted by Gasteiger charge is 2.33. The maximum atomic E-state index is 11.1. The number of nitrogens with zero attached hydrogens (tertiary/aromatic N) is 1. The van der Waals surface area contributed by atoms with Gasteiger partial charge in [-0.3, -0.25) is 4.79 Å². The number of thiazole rings is 1. The molecule has 2 aliphatic rings. The number of aryl methyl sites for hydroxylation is 1. The van der Waals surface area contributed by atoms with Crippen LogP contribution in [0.1, 0.15) is 42.7 Å². The van der Waals surface area contributed by atoms with E-state index in [4.69, 9.17) is 9.84 Å². The second kappa shape index (κ2) is 5.09. The normalized spacial score (nSPS) is 27.2. The van der Waals surface area contributed by atoms with E-state index in [1.54, 1.807) is 11.3 Å². The molecule has 0 saturated carbocycles. The van der Waals surface area contributed by atoms with Crippen molar-refractivity contribution in [3.63, 3.8) is 0 Å². The zero-order chi connectivity index (χ0) is 13.4. The molecule has 104 valence electrons. The molecule has 1 aliphatic carbocycles. The molecule has 1 fully saturated rings. The van der Waals surface area contributed by atoms with Crippen LogP contribution in [-0.2, 0) is 16.0 Å². The van der Waals surface area contributed by atoms with Crippen molar-refractivity contribution in [2.75, 3.05) is 11.9 Å². The molecule has 1 aromatic heterocycles. The summed E-state index contributed by atoms with van der Waals surface area (Å²) in [6.07, 6.45) is 3.96. The van der Waals surface area contributed by atoms with E-state index < -0.39 is 11.9 Å². The molecule has 2 N–H and O–H groups in total. The minimum Gasteiger partial charge on any atom is -0.481 e. The Hall–Kier alpha value is -1.14. The predicted molar refractivity (Wildman–Crippen MR) is 72.9 cm³/mol. The third-order valence-electron chi connectivity index (χ3n) is 3.89. The molecule has 0 bridgehead atoms. The number of carbonyl (C=O) groups is 1. The summed E-state index contributed by atoms with van der Waals surface area (Å²) in [7, 11) is 0. The SMILES string of the molecule is CC(Nc1nc2c(s1)CCC2C(=O)O)C1CCCO1. The summed E-state index contributed by atoms with van der Waals surface area (Å²) < 4.78 is 5.64. The number of carboxylic acids is 1. The fourth-order valence-corrected chi connectivity index (χ4v) is 3.95. The van der Waals surface area contributed by atoms with Gasteiger partial charge >= 0.3 is 5.97 Å². The summed E-state index contributed by atoms with van der Waals surface area (Å²) in [5.74, 6) is -1.18. The lowest BCUT2D eigenvalue weighted by Gasteiger charge is -2.19. The van der Waals surface area contributed by atoms with Crippen LogP contribution in [0.4, 0.5) is 5.13 Å². The average Bonchev–Trinajstić information content (AvgIpc) is 3.03. The summed E-state index contributed by atoms with van der Waals surface area (Å²) in [5, 5.41) is 13.3. The zero-order valence-electron chi connectivity index (χ0n) is 10.9. The largest absolute Gasteiger partial charge is 0.481 e. The monoisotopic (exact) mass is 282 g/mol. The van der Waals surface area contributed by atoms with Gasteiger partial charge in [0.2, 0.25) is 0 Å². The van der Waals surface area contributed by atoms with Crippen LogP contribution in [0, 0.1) is 0 Å². The van der Waals surface area contributed by atoms with E-state index in [0.717, 1.165) is 41.6 Å². The molecule has 0 radical (unpaired) electrons. The van der Waals surface area contributed by atoms with Gasteiger partial charge in [0.05, 0.1) is 17.8 Å². The molecular weight excluding hydrogens is 264 g/mol. The Morgan fingerprint density at radius 3 is 3.11 bits per heavy atom. The van der Waals surface area contributed by atoms with E-state index in [9.17, 15) is 4.79 Å². The minimum atomic E-state index is -0.761. The number of rotatable bonds is 4. The Bertz CT molecular complexity index is 482. The number of ether oxygens (including phenoxy) is 1. The summed E-state index contributed by atoms with van der Waals surface area (Å²) in [5.41, 5.74) is 0.763. The summed E-state index contributed by atoms with van der Waals surface area (Å²) in [4.78, 5) is 16.7. The number of carboxylic acid groups (broad SMARTS) is 1. The van der Waals surface area contributed by atoms with Gasteiger partial charge in [-0.25, -0.2) is 4.98 Å². The van der Waals surface area contributed by atoms with E-state index in [-0.39, 0.29) is 12.1 Å². The third kappa shape index (κ3) is 2.47. The van der Waals surface area contributed by atoms with Crippen molar-refractivity contribution < 1.29 is 14.6 Å². The number of hydrogen-bond donors (Lipinski definition) is 2. The van der Waals surface area contributed by atoms with Gasteiger partial charge in [-0.15, -0.1) is 11.3 Å². The molecule has 1 saturated heterocycles. The van der Waals surface area contributed by atoms with E-state index in [1.165, 1.54) is 0 Å². The number of nitrogens with one attached hydrogen (secondary N) is 1. The first-order valence-electron chi connectivity index (χ1n) is 6.75. The molecule has 3 unspecified atom stereocenters. The van der Waals surface area contributed by atoms with Crippen molar-refractivity contribution in [3.05, 3.63) is 10.6 Å². The van der Waals surface area contributed by atoms with Crippen LogP contribution in [0.25, 0.3) is 0 Å². The van der Waals surface area contributed by atoms with Crippen LogP contribution >= 0.6 is 11.3 Å². The van der Waals surface area contributed by atoms with Crippen molar-refractivity contribution in [1.29, 1.82) is 0 Å². The Labute approximate surface area is 116 Å². The van der Waals surface area contributed by atoms with Crippen molar-refractivity contribution in [1.82, 2.24) is 4.98 Å². The Balaban J connectivity index is 1.70. The summed E-state index contributed by atoms with van der Waals surface area (Å²) >= 11 is 1.59. The fraction of sp³-hybridized carbons (Fsp3) is 0.692. The van der Waals surface area contributed by atoms with Crippen LogP contribution < -0.4 is 5.32 Å². The Morgan fingerprint density at radius 2 is 2.42 bits per heavy atom. The maximum absolute atomic E-state index is 11.1. The molecule has 0 aromatic carbocycles. The Morgan fingerprint density at radius 1 is 1.58 bits per heavy atom. The molecule has 1 aromatic rings. The van der Waals surface area contributed by atoms with Gasteiger partial charge < -0.3 is 15.2 Å². The van der Waals surface area contributed by atoms with Gasteiger partial charge in [-0.05, 0) is 32.6 Å². The van der Waals surface area contributed by atoms with Gasteiger partial charge in [0.1, 0.15) is 5.92 Å². The minimum absolute atomic E-state index is 0.219. The van der Waals surface area contributed by atoms with Gasteiger partial charge in [-0.1, -0.05) is 0 Å². The lowest BCUT2D eigenvalue weighted by molar-refractivity contribution is -0.138. The molecular formula is C13H18N2O3S. The number of anilines is 1. The highest BCUT2D eigenvalue weighted by molar-refractivity contribution is 7.15. The van der Waals surface area contributed by atoms with Crippen LogP contribution in [-0.4, -0.2) is 34.8 Å². The number of aromatic nitrogens is 1. The first kappa shape index (κ1) is 12.9. The quantitative estimate of drug-likeness (QED) is 0.886. The average molecular weight is 282 g/mol. The van der Waals surface area contributed by atoms with Gasteiger partial charge in [0, 0.05) is 11.5 Å². The molecule has 0 spiro atoms. The van der Waals surface area contributed by atoms with Gasteiger partial charge in [0.25, 0.3) is 0 Å². The Kier molecular flexibility index (Phi) is 3.45. The number of aliphatic carboxylic acids is 1. The molecule has 3 rings (SSSR count). The molecule has 0 amide bonds. The third-order valence-corrected chi connectivity index (χ3v) is 4.95. The van der Waals surface area contributed by atoms with Crippen LogP contribution in [0.2, 0.25) is 0 Å². The molecule has 6 heteroatoms. The molecule has 2 heterocycles. The standard InChI is InChI=1S/C13H18N2O3S/c1-7(9-3-2-6-18-9)14-13-15-11-8(12(16)17)4-5-10(11)19-13/h7-9H,2-6H2,1H3,(H,14,15)(H,16,17). The highest BCUT2D eigenvalue weighted by atomic mass is 32.1. The van der Waals surface area contributed by atoms with E-state index in [2.05, 4.69) is 17.2 Å². The lowest BCUT2D eigenvalue weighted by Crippen LogP contribution is -2.29. The van der Waals surface area contributed by atoms with Crippen LogP contribution in [0.5, 0.6) is 0 Å². The van der Waals surface area contributed by atoms with Crippen molar-refractivity contribution in [3.8, 4) is 0 Å². The number of hydrogen-bond acceptors (Lipinski definition) is 5. The first-order valence-corrected chi connectivity index (χ1v) is 7.57. The molecule has 5 nitrogen and oxygen atoms in total. The van der Waals surface area contributed by atoms with E-state index >= 15 is 0 Å². The smallest absolute Gasteiger partial charge is 0.312 e. The fourth-order valence-electron chi connectivity index (χ4n) is 2.81. The maximum Gasteiger partial charge on any atom is 0.312 e. The van der Waals surface area contributed by atoms with E-state index in [0.29, 0.717) is 6.42 Å². The van der Waals surface area contributed by atoms with Gasteiger partial charge in [-0.2, -0.15) is 0 Å². The summed E-state index contributed by atoms with van der Waals surface area (Å²) in [6.45, 7) is 2.93. The van der Waals surface area contributed by atoms with Crippen molar-refractivity contribution in [2.24, 2.45) is 0 Å². The second-order valence-corrected chi connectivity index (χ2v) is 6.33. The second-order valence-electron chi connectivity index (χ2n) is 5.24. The van der Waals surface area contributed by atoms with Crippen LogP contribution in [0.3, 0.4) is 0 Å². The zero-order valence-corrected chi connectivity index (χ0v) is 11.7. The molecule has 1 aliphatic heterocycles. The lowest BCUT2D eigenvalue weighted by atomic mass is 10.1. The first-order chi connectivity index (χ1) is 9.15. The van der Waals surface area contributed by atoms with Gasteiger partial charge in [0.15, 0.2) is 5.13 Å². The van der Waals surface area contributed by atoms with Crippen LogP contribution in [0.15, 0.2) is 0 Å². The predicted octanol–water partition coefficient (Wildman–Crippen LogP) is 2.24. The molecule has 19 heavy (non-hydrogen) atoms. The molecule has 3 atom stereocenters. The van der Waals surface area contributed by atoms with E-state index in [1.807, 2.05) is 0 Å². The highest BCUT2D eigenvalue weighted by Crippen LogP contribution is 2.38. The van der Waals surface area contributed by atoms with Crippen molar-refractivity contribution in [2.45, 2.75) is 50.7 Å².